The van der Waals surface area contributed by atoms with Gasteiger partial charge < -0.3 is 19.9 Å². The summed E-state index contributed by atoms with van der Waals surface area (Å²) in [6.45, 7) is 2.16. The maximum absolute atomic E-state index is 14.0. The first-order valence-electron chi connectivity index (χ1n) is 11.9. The maximum atomic E-state index is 14.0. The molecule has 0 aliphatic carbocycles. The Hall–Kier alpha value is -3.24. The number of fused-ring (bicyclic) bond motifs is 1. The number of nitrogens with one attached hydrogen (secondary N) is 3. The van der Waals surface area contributed by atoms with Crippen LogP contribution in [0, 0.1) is 16.7 Å². The van der Waals surface area contributed by atoms with Gasteiger partial charge in [0.05, 0.1) is 31.7 Å². The van der Waals surface area contributed by atoms with Crippen LogP contribution >= 0.6 is 0 Å². The van der Waals surface area contributed by atoms with Gasteiger partial charge in [-0.1, -0.05) is 12.1 Å². The van der Waals surface area contributed by atoms with Gasteiger partial charge in [0.1, 0.15) is 5.84 Å². The van der Waals surface area contributed by atoms with E-state index in [1.165, 1.54) is 15.9 Å². The van der Waals surface area contributed by atoms with E-state index in [-0.39, 0.29) is 29.4 Å². The lowest BCUT2D eigenvalue weighted by molar-refractivity contribution is -0.138. The molecular formula is C26H28F3N5O2. The van der Waals surface area contributed by atoms with Crippen LogP contribution < -0.4 is 10.2 Å². The van der Waals surface area contributed by atoms with Crippen molar-refractivity contribution in [2.75, 3.05) is 38.3 Å². The fraction of sp³-hybridized carbons (Fsp3) is 0.423. The third-order valence-corrected chi connectivity index (χ3v) is 7.45. The summed E-state index contributed by atoms with van der Waals surface area (Å²) in [7, 11) is 1.63. The second kappa shape index (κ2) is 9.01. The SMILES string of the molecule is CN(C=N)C(=N)CC1(c2cccc(N3Cc4c(cc(CC5CNC5)cc4C(F)(F)F)C3=O)c2)COC1. The molecule has 0 spiro atoms. The zero-order valence-electron chi connectivity index (χ0n) is 19.9. The van der Waals surface area contributed by atoms with Crippen LogP contribution in [0.2, 0.25) is 0 Å². The summed E-state index contributed by atoms with van der Waals surface area (Å²) in [4.78, 5) is 16.2. The van der Waals surface area contributed by atoms with Crippen LogP contribution in [0.15, 0.2) is 36.4 Å². The second-order valence-corrected chi connectivity index (χ2v) is 9.97. The highest BCUT2D eigenvalue weighted by Crippen LogP contribution is 2.42. The van der Waals surface area contributed by atoms with Crippen LogP contribution in [-0.4, -0.2) is 56.3 Å². The molecule has 2 saturated heterocycles. The number of amidine groups is 1. The Morgan fingerprint density at radius 1 is 1.28 bits per heavy atom. The Morgan fingerprint density at radius 2 is 2.03 bits per heavy atom. The molecule has 1 amide bonds. The van der Waals surface area contributed by atoms with Gasteiger partial charge in [-0.3, -0.25) is 15.6 Å². The lowest BCUT2D eigenvalue weighted by Crippen LogP contribution is -2.49. The third kappa shape index (κ3) is 4.28. The van der Waals surface area contributed by atoms with Crippen LogP contribution in [0.25, 0.3) is 0 Å². The molecule has 36 heavy (non-hydrogen) atoms. The summed E-state index contributed by atoms with van der Waals surface area (Å²) in [5.41, 5.74) is 0.827. The zero-order valence-corrected chi connectivity index (χ0v) is 19.9. The number of ether oxygens (including phenoxy) is 1. The lowest BCUT2D eigenvalue weighted by Gasteiger charge is -2.43. The molecule has 0 bridgehead atoms. The Labute approximate surface area is 207 Å². The van der Waals surface area contributed by atoms with Crippen LogP contribution in [0.5, 0.6) is 0 Å². The van der Waals surface area contributed by atoms with E-state index in [9.17, 15) is 18.0 Å². The van der Waals surface area contributed by atoms with Crippen molar-refractivity contribution >= 4 is 23.8 Å². The van der Waals surface area contributed by atoms with Crippen molar-refractivity contribution in [2.24, 2.45) is 5.92 Å². The number of rotatable bonds is 7. The highest BCUT2D eigenvalue weighted by Gasteiger charge is 2.43. The molecule has 3 N–H and O–H groups in total. The molecule has 0 aromatic heterocycles. The fourth-order valence-electron chi connectivity index (χ4n) is 5.12. The van der Waals surface area contributed by atoms with Gasteiger partial charge in [0.2, 0.25) is 0 Å². The Bertz CT molecular complexity index is 1220. The van der Waals surface area contributed by atoms with Crippen molar-refractivity contribution in [3.8, 4) is 0 Å². The van der Waals surface area contributed by atoms with Gasteiger partial charge in [-0.15, -0.1) is 0 Å². The number of nitrogens with zero attached hydrogens (tertiary/aromatic N) is 2. The Balaban J connectivity index is 1.46. The summed E-state index contributed by atoms with van der Waals surface area (Å²) in [5.74, 6) is 0.100. The number of anilines is 1. The fourth-order valence-corrected chi connectivity index (χ4v) is 5.12. The molecule has 7 nitrogen and oxygen atoms in total. The molecule has 2 aromatic carbocycles. The molecule has 3 heterocycles. The van der Waals surface area contributed by atoms with E-state index in [4.69, 9.17) is 15.6 Å². The van der Waals surface area contributed by atoms with Crippen LogP contribution in [0.4, 0.5) is 18.9 Å². The van der Waals surface area contributed by atoms with E-state index in [2.05, 4.69) is 5.32 Å². The molecule has 2 aromatic rings. The molecule has 0 saturated carbocycles. The first-order valence-corrected chi connectivity index (χ1v) is 11.9. The van der Waals surface area contributed by atoms with Gasteiger partial charge in [0.15, 0.2) is 0 Å². The molecule has 0 atom stereocenters. The first-order chi connectivity index (χ1) is 17.1. The Kier molecular flexibility index (Phi) is 6.12. The molecule has 0 radical (unpaired) electrons. The number of amides is 1. The van der Waals surface area contributed by atoms with Gasteiger partial charge >= 0.3 is 6.18 Å². The van der Waals surface area contributed by atoms with Crippen LogP contribution in [0.1, 0.15) is 39.0 Å². The smallest absolute Gasteiger partial charge is 0.379 e. The number of carbonyl (C=O) groups is 1. The summed E-state index contributed by atoms with van der Waals surface area (Å²) < 4.78 is 47.5. The predicted molar refractivity (Wildman–Crippen MR) is 130 cm³/mol. The van der Waals surface area contributed by atoms with Gasteiger partial charge in [0.25, 0.3) is 5.91 Å². The Morgan fingerprint density at radius 3 is 2.61 bits per heavy atom. The maximum Gasteiger partial charge on any atom is 0.416 e. The van der Waals surface area contributed by atoms with E-state index < -0.39 is 23.1 Å². The summed E-state index contributed by atoms with van der Waals surface area (Å²) in [6.07, 6.45) is -2.64. The average molecular weight is 500 g/mol. The van der Waals surface area contributed by atoms with Crippen molar-refractivity contribution in [2.45, 2.75) is 31.0 Å². The largest absolute Gasteiger partial charge is 0.416 e. The second-order valence-electron chi connectivity index (χ2n) is 9.97. The molecule has 3 aliphatic heterocycles. The standard InChI is InChI=1S/C26H28F3N5O2/c1-33(15-30)23(31)9-25(13-36-14-25)18-3-2-4-19(8-18)34-12-21-20(24(34)35)6-16(5-17-10-32-11-17)7-22(21)26(27,28)29/h2-4,6-8,15,17,30-32H,5,9-14H2,1H3. The van der Waals surface area contributed by atoms with E-state index in [1.54, 1.807) is 25.2 Å². The van der Waals surface area contributed by atoms with E-state index in [0.29, 0.717) is 37.3 Å². The number of hydrogen-bond donors (Lipinski definition) is 3. The van der Waals surface area contributed by atoms with E-state index in [1.807, 2.05) is 12.1 Å². The molecule has 5 rings (SSSR count). The van der Waals surface area contributed by atoms with Gasteiger partial charge in [0, 0.05) is 30.1 Å². The summed E-state index contributed by atoms with van der Waals surface area (Å²) in [6, 6.07) is 10.1. The molecule has 10 heteroatoms. The first kappa shape index (κ1) is 24.5. The van der Waals surface area contributed by atoms with Crippen molar-refractivity contribution < 1.29 is 22.7 Å². The minimum absolute atomic E-state index is 0.0180. The van der Waals surface area contributed by atoms with Gasteiger partial charge in [-0.2, -0.15) is 13.2 Å². The molecule has 3 aliphatic rings. The highest BCUT2D eigenvalue weighted by atomic mass is 19.4. The zero-order chi connectivity index (χ0) is 25.7. The minimum Gasteiger partial charge on any atom is -0.379 e. The molecular weight excluding hydrogens is 471 g/mol. The summed E-state index contributed by atoms with van der Waals surface area (Å²) >= 11 is 0. The average Bonchev–Trinajstić information content (AvgIpc) is 3.13. The number of alkyl halides is 3. The monoisotopic (exact) mass is 499 g/mol. The topological polar surface area (TPSA) is 92.5 Å². The number of carbonyl (C=O) groups excluding carboxylic acids is 1. The number of halogens is 3. The van der Waals surface area contributed by atoms with Gasteiger partial charge in [-0.25, -0.2) is 0 Å². The van der Waals surface area contributed by atoms with Crippen molar-refractivity contribution in [1.29, 1.82) is 10.8 Å². The summed E-state index contributed by atoms with van der Waals surface area (Å²) in [5, 5.41) is 18.8. The van der Waals surface area contributed by atoms with Crippen molar-refractivity contribution in [3.63, 3.8) is 0 Å². The lowest BCUT2D eigenvalue weighted by atomic mass is 9.75. The minimum atomic E-state index is -4.55. The van der Waals surface area contributed by atoms with E-state index >= 15 is 0 Å². The molecule has 0 unspecified atom stereocenters. The quantitative estimate of drug-likeness (QED) is 0.399. The number of benzene rings is 2. The normalized spacial score (nSPS) is 18.9. The van der Waals surface area contributed by atoms with Crippen molar-refractivity contribution in [3.05, 3.63) is 64.2 Å². The van der Waals surface area contributed by atoms with Crippen LogP contribution in [-0.2, 0) is 29.3 Å². The van der Waals surface area contributed by atoms with Crippen molar-refractivity contribution in [1.82, 2.24) is 10.2 Å². The third-order valence-electron chi connectivity index (χ3n) is 7.45. The molecule has 190 valence electrons. The number of hydrogen-bond acceptors (Lipinski definition) is 5. The van der Waals surface area contributed by atoms with Gasteiger partial charge in [-0.05, 0) is 66.4 Å². The van der Waals surface area contributed by atoms with Crippen LogP contribution in [0.3, 0.4) is 0 Å². The highest BCUT2D eigenvalue weighted by molar-refractivity contribution is 6.10. The predicted octanol–water partition coefficient (Wildman–Crippen LogP) is 3.80. The van der Waals surface area contributed by atoms with E-state index in [0.717, 1.165) is 25.0 Å². The molecule has 2 fully saturated rings.